The molecule has 0 bridgehead atoms. The van der Waals surface area contributed by atoms with Gasteiger partial charge in [0.2, 0.25) is 5.91 Å². The normalized spacial score (nSPS) is 13.3. The molecule has 2 aromatic rings. The minimum Gasteiger partial charge on any atom is -0.481 e. The maximum Gasteiger partial charge on any atom is 0.303 e. The smallest absolute Gasteiger partial charge is 0.303 e. The average Bonchev–Trinajstić information content (AvgIpc) is 3.03. The van der Waals surface area contributed by atoms with Gasteiger partial charge in [-0.25, -0.2) is 4.98 Å². The summed E-state index contributed by atoms with van der Waals surface area (Å²) in [7, 11) is 0. The van der Waals surface area contributed by atoms with E-state index >= 15 is 0 Å². The van der Waals surface area contributed by atoms with E-state index < -0.39 is 23.8 Å². The number of amides is 2. The third kappa shape index (κ3) is 3.62. The van der Waals surface area contributed by atoms with Gasteiger partial charge in [-0.2, -0.15) is 10.5 Å². The van der Waals surface area contributed by atoms with Crippen LogP contribution in [0.3, 0.4) is 0 Å². The van der Waals surface area contributed by atoms with Gasteiger partial charge in [-0.05, 0) is 30.2 Å². The highest BCUT2D eigenvalue weighted by Gasteiger charge is 2.35. The number of carboxylic acid groups (broad SMARTS) is 1. The fraction of sp³-hybridized carbons (Fsp3) is 0.200. The molecular weight excluding hydrogens is 388 g/mol. The lowest BCUT2D eigenvalue weighted by Crippen LogP contribution is -2.45. The predicted molar refractivity (Wildman–Crippen MR) is 103 cm³/mol. The molecule has 2 heterocycles. The van der Waals surface area contributed by atoms with Gasteiger partial charge in [0, 0.05) is 24.1 Å². The van der Waals surface area contributed by atoms with Crippen LogP contribution in [0.15, 0.2) is 24.3 Å². The average molecular weight is 404 g/mol. The zero-order valence-corrected chi connectivity index (χ0v) is 15.6. The maximum atomic E-state index is 12.7. The van der Waals surface area contributed by atoms with E-state index in [2.05, 4.69) is 4.98 Å². The number of hydrogen-bond acceptors (Lipinski definition) is 7. The molecule has 0 aliphatic carbocycles. The Morgan fingerprint density at radius 1 is 1.23 bits per heavy atom. The molecule has 10 nitrogen and oxygen atoms in total. The number of carbonyl (C=O) groups is 3. The Bertz CT molecular complexity index is 1160. The van der Waals surface area contributed by atoms with Crippen molar-refractivity contribution in [1.82, 2.24) is 9.88 Å². The number of rotatable bonds is 6. The highest BCUT2D eigenvalue weighted by molar-refractivity contribution is 6.01. The Labute approximate surface area is 170 Å². The van der Waals surface area contributed by atoms with Crippen LogP contribution < -0.4 is 11.5 Å². The minimum atomic E-state index is -1.10. The molecule has 1 aliphatic rings. The molecule has 150 valence electrons. The number of nitrogens with zero attached hydrogens (tertiary/aromatic N) is 4. The second-order valence-corrected chi connectivity index (χ2v) is 6.70. The number of aliphatic carboxylic acids is 1. The number of pyridine rings is 1. The van der Waals surface area contributed by atoms with Crippen molar-refractivity contribution in [2.75, 3.05) is 5.73 Å². The number of primary amides is 1. The van der Waals surface area contributed by atoms with Crippen molar-refractivity contribution in [3.8, 4) is 23.4 Å². The standard InChI is InChI=1S/C20H16N6O4/c21-7-11-6-12(8-22)18(23)25-17(11)10-1-2-14-13(5-10)9-26(20(14)30)15(19(24)29)3-4-16(27)28/h1-2,5-6,15H,3-4,9H2,(H2,23,25)(H2,24,29)(H,27,28)/t15-/m0/s1. The summed E-state index contributed by atoms with van der Waals surface area (Å²) >= 11 is 0. The molecule has 0 unspecified atom stereocenters. The number of carboxylic acids is 1. The largest absolute Gasteiger partial charge is 0.481 e. The van der Waals surface area contributed by atoms with E-state index in [1.807, 2.05) is 12.1 Å². The second kappa shape index (κ2) is 7.89. The van der Waals surface area contributed by atoms with Gasteiger partial charge in [0.15, 0.2) is 0 Å². The first-order chi connectivity index (χ1) is 14.3. The second-order valence-electron chi connectivity index (χ2n) is 6.70. The molecule has 5 N–H and O–H groups in total. The van der Waals surface area contributed by atoms with Gasteiger partial charge < -0.3 is 21.5 Å². The summed E-state index contributed by atoms with van der Waals surface area (Å²) in [5.74, 6) is -2.34. The quantitative estimate of drug-likeness (QED) is 0.628. The molecule has 30 heavy (non-hydrogen) atoms. The molecule has 10 heteroatoms. The summed E-state index contributed by atoms with van der Waals surface area (Å²) in [6, 6.07) is 8.92. The molecule has 1 atom stereocenters. The zero-order chi connectivity index (χ0) is 22.0. The topological polar surface area (TPSA) is 187 Å². The summed E-state index contributed by atoms with van der Waals surface area (Å²) in [4.78, 5) is 40.8. The number of hydrogen-bond donors (Lipinski definition) is 3. The molecule has 1 aromatic carbocycles. The summed E-state index contributed by atoms with van der Waals surface area (Å²) in [6.07, 6.45) is -0.400. The molecule has 0 saturated carbocycles. The Hall–Kier alpha value is -4.44. The summed E-state index contributed by atoms with van der Waals surface area (Å²) in [5, 5.41) is 27.3. The fourth-order valence-corrected chi connectivity index (χ4v) is 3.38. The third-order valence-electron chi connectivity index (χ3n) is 4.84. The monoisotopic (exact) mass is 404 g/mol. The van der Waals surface area contributed by atoms with Crippen LogP contribution in [0.2, 0.25) is 0 Å². The number of anilines is 1. The van der Waals surface area contributed by atoms with E-state index in [4.69, 9.17) is 21.8 Å². The first kappa shape index (κ1) is 20.3. The van der Waals surface area contributed by atoms with Gasteiger partial charge in [0.25, 0.3) is 5.91 Å². The van der Waals surface area contributed by atoms with Crippen molar-refractivity contribution >= 4 is 23.6 Å². The Morgan fingerprint density at radius 3 is 2.53 bits per heavy atom. The molecule has 2 amide bonds. The number of nitrogen functional groups attached to an aromatic ring is 1. The molecule has 3 rings (SSSR count). The van der Waals surface area contributed by atoms with Gasteiger partial charge >= 0.3 is 5.97 Å². The van der Waals surface area contributed by atoms with Gasteiger partial charge in [-0.1, -0.05) is 6.07 Å². The Morgan fingerprint density at radius 2 is 1.93 bits per heavy atom. The third-order valence-corrected chi connectivity index (χ3v) is 4.84. The van der Waals surface area contributed by atoms with E-state index in [1.165, 1.54) is 11.0 Å². The summed E-state index contributed by atoms with van der Waals surface area (Å²) in [6.45, 7) is 0.0584. The molecule has 1 aromatic heterocycles. The number of nitriles is 2. The van der Waals surface area contributed by atoms with Crippen LogP contribution in [0.1, 0.15) is 39.9 Å². The van der Waals surface area contributed by atoms with Gasteiger partial charge in [-0.15, -0.1) is 0 Å². The van der Waals surface area contributed by atoms with E-state index in [0.717, 1.165) is 0 Å². The number of nitrogens with two attached hydrogens (primary N) is 2. The highest BCUT2D eigenvalue weighted by Crippen LogP contribution is 2.32. The Kier molecular flexibility index (Phi) is 5.34. The lowest BCUT2D eigenvalue weighted by Gasteiger charge is -2.24. The number of fused-ring (bicyclic) bond motifs is 1. The van der Waals surface area contributed by atoms with E-state index in [9.17, 15) is 19.6 Å². The lowest BCUT2D eigenvalue weighted by molar-refractivity contribution is -0.137. The first-order valence-electron chi connectivity index (χ1n) is 8.83. The van der Waals surface area contributed by atoms with Gasteiger partial charge in [-0.3, -0.25) is 14.4 Å². The lowest BCUT2D eigenvalue weighted by atomic mass is 10.00. The van der Waals surface area contributed by atoms with Crippen molar-refractivity contribution in [1.29, 1.82) is 10.5 Å². The van der Waals surface area contributed by atoms with E-state index in [1.54, 1.807) is 18.2 Å². The van der Waals surface area contributed by atoms with Crippen LogP contribution in [0, 0.1) is 22.7 Å². The summed E-state index contributed by atoms with van der Waals surface area (Å²) in [5.41, 5.74) is 13.1. The SMILES string of the molecule is N#Cc1cc(C#N)c(-c2ccc3c(c2)CN([C@@H](CCC(=O)O)C(N)=O)C3=O)nc1N. The number of aromatic nitrogens is 1. The van der Waals surface area contributed by atoms with Crippen LogP contribution in [0.5, 0.6) is 0 Å². The van der Waals surface area contributed by atoms with E-state index in [-0.39, 0.29) is 42.0 Å². The molecular formula is C20H16N6O4. The fourth-order valence-electron chi connectivity index (χ4n) is 3.38. The van der Waals surface area contributed by atoms with Crippen molar-refractivity contribution in [2.45, 2.75) is 25.4 Å². The highest BCUT2D eigenvalue weighted by atomic mass is 16.4. The van der Waals surface area contributed by atoms with Crippen molar-refractivity contribution in [3.63, 3.8) is 0 Å². The molecule has 0 saturated heterocycles. The summed E-state index contributed by atoms with van der Waals surface area (Å²) < 4.78 is 0. The van der Waals surface area contributed by atoms with Gasteiger partial charge in [0.1, 0.15) is 24.0 Å². The van der Waals surface area contributed by atoms with Crippen LogP contribution in [-0.4, -0.2) is 38.8 Å². The first-order valence-corrected chi connectivity index (χ1v) is 8.83. The van der Waals surface area contributed by atoms with Gasteiger partial charge in [0.05, 0.1) is 16.8 Å². The maximum absolute atomic E-state index is 12.7. The van der Waals surface area contributed by atoms with Crippen LogP contribution in [0.25, 0.3) is 11.3 Å². The van der Waals surface area contributed by atoms with Crippen molar-refractivity contribution in [2.24, 2.45) is 5.73 Å². The van der Waals surface area contributed by atoms with Crippen LogP contribution in [0.4, 0.5) is 5.82 Å². The van der Waals surface area contributed by atoms with Crippen molar-refractivity contribution in [3.05, 3.63) is 46.5 Å². The Balaban J connectivity index is 1.98. The van der Waals surface area contributed by atoms with Crippen LogP contribution in [-0.2, 0) is 16.1 Å². The van der Waals surface area contributed by atoms with E-state index in [0.29, 0.717) is 16.7 Å². The number of benzene rings is 1. The van der Waals surface area contributed by atoms with Crippen molar-refractivity contribution < 1.29 is 19.5 Å². The molecule has 0 radical (unpaired) electrons. The molecule has 0 spiro atoms. The van der Waals surface area contributed by atoms with Crippen LogP contribution >= 0.6 is 0 Å². The minimum absolute atomic E-state index is 0.0211. The molecule has 1 aliphatic heterocycles. The predicted octanol–water partition coefficient (Wildman–Crippen LogP) is 0.749. The number of carbonyl (C=O) groups excluding carboxylic acids is 2. The zero-order valence-electron chi connectivity index (χ0n) is 15.6. The molecule has 0 fully saturated rings.